The minimum Gasteiger partial charge on any atom is -0.389 e. The Labute approximate surface area is 105 Å². The molecule has 0 atom stereocenters. The largest absolute Gasteiger partial charge is 0.389 e. The summed E-state index contributed by atoms with van der Waals surface area (Å²) >= 11 is 11.9. The van der Waals surface area contributed by atoms with Gasteiger partial charge in [-0.05, 0) is 19.9 Å². The van der Waals surface area contributed by atoms with Gasteiger partial charge in [0.25, 0.3) is 0 Å². The van der Waals surface area contributed by atoms with Crippen molar-refractivity contribution in [3.63, 3.8) is 0 Å². The van der Waals surface area contributed by atoms with Gasteiger partial charge in [-0.25, -0.2) is 4.98 Å². The Bertz CT molecular complexity index is 377. The fourth-order valence-electron chi connectivity index (χ4n) is 1.07. The average Bonchev–Trinajstić information content (AvgIpc) is 2.15. The molecule has 0 amide bonds. The fraction of sp³-hybridized carbons (Fsp3) is 0.500. The first-order chi connectivity index (χ1) is 7.33. The molecule has 16 heavy (non-hydrogen) atoms. The van der Waals surface area contributed by atoms with Crippen LogP contribution in [0.5, 0.6) is 0 Å². The first-order valence-electron chi connectivity index (χ1n) is 4.83. The van der Waals surface area contributed by atoms with Crippen LogP contribution in [0.2, 0.25) is 10.0 Å². The van der Waals surface area contributed by atoms with E-state index < -0.39 is 5.60 Å². The van der Waals surface area contributed by atoms with Crippen LogP contribution in [-0.2, 0) is 0 Å². The van der Waals surface area contributed by atoms with E-state index in [1.54, 1.807) is 27.0 Å². The molecular weight excluding hydrogens is 249 g/mol. The summed E-state index contributed by atoms with van der Waals surface area (Å²) in [6, 6.07) is 1.61. The SMILES string of the molecule is CNc1nc(NCC(C)(C)O)c(Cl)cc1Cl. The summed E-state index contributed by atoms with van der Waals surface area (Å²) < 4.78 is 0. The summed E-state index contributed by atoms with van der Waals surface area (Å²) in [6.45, 7) is 3.75. The van der Waals surface area contributed by atoms with Crippen LogP contribution < -0.4 is 10.6 Å². The van der Waals surface area contributed by atoms with Gasteiger partial charge in [0.05, 0.1) is 15.6 Å². The van der Waals surface area contributed by atoms with E-state index in [1.807, 2.05) is 0 Å². The third-order valence-electron chi connectivity index (χ3n) is 1.85. The van der Waals surface area contributed by atoms with E-state index in [4.69, 9.17) is 23.2 Å². The van der Waals surface area contributed by atoms with Crippen LogP contribution in [0, 0.1) is 0 Å². The lowest BCUT2D eigenvalue weighted by Gasteiger charge is -2.19. The number of aliphatic hydroxyl groups is 1. The second kappa shape index (κ2) is 5.08. The van der Waals surface area contributed by atoms with Crippen molar-refractivity contribution in [1.29, 1.82) is 0 Å². The van der Waals surface area contributed by atoms with Crippen LogP contribution >= 0.6 is 23.2 Å². The normalized spacial score (nSPS) is 11.4. The fourth-order valence-corrected chi connectivity index (χ4v) is 1.59. The van der Waals surface area contributed by atoms with Gasteiger partial charge in [0, 0.05) is 13.6 Å². The number of rotatable bonds is 4. The molecule has 1 rings (SSSR count). The number of halogens is 2. The Morgan fingerprint density at radius 1 is 1.31 bits per heavy atom. The zero-order chi connectivity index (χ0) is 12.3. The Morgan fingerprint density at radius 2 is 1.88 bits per heavy atom. The van der Waals surface area contributed by atoms with Crippen molar-refractivity contribution in [2.24, 2.45) is 0 Å². The number of pyridine rings is 1. The number of aromatic nitrogens is 1. The van der Waals surface area contributed by atoms with E-state index in [2.05, 4.69) is 15.6 Å². The van der Waals surface area contributed by atoms with Crippen LogP contribution in [0.25, 0.3) is 0 Å². The highest BCUT2D eigenvalue weighted by Crippen LogP contribution is 2.29. The first kappa shape index (κ1) is 13.4. The molecule has 0 saturated heterocycles. The van der Waals surface area contributed by atoms with Crippen molar-refractivity contribution in [3.8, 4) is 0 Å². The highest BCUT2D eigenvalue weighted by molar-refractivity contribution is 6.37. The Kier molecular flexibility index (Phi) is 4.24. The van der Waals surface area contributed by atoms with Crippen LogP contribution in [0.1, 0.15) is 13.8 Å². The van der Waals surface area contributed by atoms with Crippen LogP contribution in [0.4, 0.5) is 11.6 Å². The summed E-state index contributed by atoms with van der Waals surface area (Å²) in [5.41, 5.74) is -0.829. The molecule has 3 N–H and O–H groups in total. The van der Waals surface area contributed by atoms with Crippen LogP contribution in [0.15, 0.2) is 6.07 Å². The van der Waals surface area contributed by atoms with Gasteiger partial charge in [-0.2, -0.15) is 0 Å². The van der Waals surface area contributed by atoms with Gasteiger partial charge in [-0.3, -0.25) is 0 Å². The van der Waals surface area contributed by atoms with E-state index in [0.717, 1.165) is 0 Å². The Morgan fingerprint density at radius 3 is 2.38 bits per heavy atom. The lowest BCUT2D eigenvalue weighted by atomic mass is 10.1. The minimum absolute atomic E-state index is 0.352. The third-order valence-corrected chi connectivity index (χ3v) is 2.43. The molecule has 1 heterocycles. The molecule has 4 nitrogen and oxygen atoms in total. The predicted octanol–water partition coefficient (Wildman–Crippen LogP) is 2.61. The maximum absolute atomic E-state index is 9.58. The number of nitrogens with zero attached hydrogens (tertiary/aromatic N) is 1. The summed E-state index contributed by atoms with van der Waals surface area (Å²) in [6.07, 6.45) is 0. The minimum atomic E-state index is -0.829. The lowest BCUT2D eigenvalue weighted by molar-refractivity contribution is 0.0944. The molecule has 0 aliphatic heterocycles. The monoisotopic (exact) mass is 263 g/mol. The Balaban J connectivity index is 2.88. The summed E-state index contributed by atoms with van der Waals surface area (Å²) in [5.74, 6) is 1.04. The average molecular weight is 264 g/mol. The highest BCUT2D eigenvalue weighted by Gasteiger charge is 2.14. The molecule has 90 valence electrons. The predicted molar refractivity (Wildman–Crippen MR) is 68.6 cm³/mol. The second-order valence-corrected chi connectivity index (χ2v) is 4.88. The zero-order valence-corrected chi connectivity index (χ0v) is 10.9. The van der Waals surface area contributed by atoms with Crippen molar-refractivity contribution in [2.75, 3.05) is 24.2 Å². The number of hydrogen-bond donors (Lipinski definition) is 3. The second-order valence-electron chi connectivity index (χ2n) is 4.07. The molecule has 0 saturated carbocycles. The molecule has 0 bridgehead atoms. The van der Waals surface area contributed by atoms with Crippen molar-refractivity contribution < 1.29 is 5.11 Å². The van der Waals surface area contributed by atoms with Gasteiger partial charge < -0.3 is 15.7 Å². The Hall–Kier alpha value is -0.710. The van der Waals surface area contributed by atoms with Crippen molar-refractivity contribution in [1.82, 2.24) is 4.98 Å². The molecule has 0 radical (unpaired) electrons. The van der Waals surface area contributed by atoms with Gasteiger partial charge in [-0.1, -0.05) is 23.2 Å². The molecular formula is C10H15Cl2N3O. The lowest BCUT2D eigenvalue weighted by Crippen LogP contribution is -2.29. The number of nitrogens with one attached hydrogen (secondary N) is 2. The maximum atomic E-state index is 9.58. The van der Waals surface area contributed by atoms with Gasteiger partial charge in [0.2, 0.25) is 0 Å². The smallest absolute Gasteiger partial charge is 0.147 e. The van der Waals surface area contributed by atoms with Crippen molar-refractivity contribution in [2.45, 2.75) is 19.4 Å². The standard InChI is InChI=1S/C10H15Cl2N3O/c1-10(2,16)5-14-9-7(12)4-6(11)8(13-3)15-9/h4,16H,5H2,1-3H3,(H2,13,14,15). The molecule has 0 aliphatic rings. The zero-order valence-electron chi connectivity index (χ0n) is 9.43. The van der Waals surface area contributed by atoms with E-state index in [9.17, 15) is 5.11 Å². The molecule has 0 spiro atoms. The van der Waals surface area contributed by atoms with Crippen molar-refractivity contribution in [3.05, 3.63) is 16.1 Å². The molecule has 6 heteroatoms. The number of hydrogen-bond acceptors (Lipinski definition) is 4. The summed E-state index contributed by atoms with van der Waals surface area (Å²) in [5, 5.41) is 16.3. The van der Waals surface area contributed by atoms with Gasteiger partial charge in [0.1, 0.15) is 11.6 Å². The van der Waals surface area contributed by atoms with Gasteiger partial charge in [0.15, 0.2) is 0 Å². The summed E-state index contributed by atoms with van der Waals surface area (Å²) in [7, 11) is 1.72. The first-order valence-corrected chi connectivity index (χ1v) is 5.59. The maximum Gasteiger partial charge on any atom is 0.147 e. The number of anilines is 2. The van der Waals surface area contributed by atoms with E-state index in [1.165, 1.54) is 0 Å². The highest BCUT2D eigenvalue weighted by atomic mass is 35.5. The third kappa shape index (κ3) is 3.70. The molecule has 0 aromatic carbocycles. The van der Waals surface area contributed by atoms with Crippen molar-refractivity contribution >= 4 is 34.8 Å². The summed E-state index contributed by atoms with van der Waals surface area (Å²) in [4.78, 5) is 4.20. The van der Waals surface area contributed by atoms with Gasteiger partial charge in [-0.15, -0.1) is 0 Å². The van der Waals surface area contributed by atoms with Crippen LogP contribution in [0.3, 0.4) is 0 Å². The van der Waals surface area contributed by atoms with E-state index in [-0.39, 0.29) is 0 Å². The molecule has 1 aromatic heterocycles. The van der Waals surface area contributed by atoms with E-state index in [0.29, 0.717) is 28.2 Å². The topological polar surface area (TPSA) is 57.2 Å². The van der Waals surface area contributed by atoms with Gasteiger partial charge >= 0.3 is 0 Å². The molecule has 0 unspecified atom stereocenters. The molecule has 0 fully saturated rings. The van der Waals surface area contributed by atoms with E-state index >= 15 is 0 Å². The quantitative estimate of drug-likeness (QED) is 0.782. The van der Waals surface area contributed by atoms with Crippen LogP contribution in [-0.4, -0.2) is 29.3 Å². The molecule has 1 aromatic rings. The molecule has 0 aliphatic carbocycles.